The van der Waals surface area contributed by atoms with Crippen LogP contribution in [0.4, 0.5) is 0 Å². The van der Waals surface area contributed by atoms with Gasteiger partial charge in [0.25, 0.3) is 0 Å². The molecule has 0 spiro atoms. The van der Waals surface area contributed by atoms with Gasteiger partial charge < -0.3 is 14.9 Å². The normalized spacial score (nSPS) is 10.9. The van der Waals surface area contributed by atoms with Gasteiger partial charge in [0.15, 0.2) is 0 Å². The van der Waals surface area contributed by atoms with Crippen LogP contribution in [0.25, 0.3) is 33.5 Å². The van der Waals surface area contributed by atoms with E-state index < -0.39 is 0 Å². The summed E-state index contributed by atoms with van der Waals surface area (Å²) in [5.74, 6) is 1.79. The molecule has 0 aliphatic rings. The SMILES string of the molecule is Cc1ccc(Oc2ccc3nc(-c4ccc(O)cc4)c(-c4ccc(O)cc4)nc3c2)cc1. The van der Waals surface area contributed by atoms with Crippen molar-refractivity contribution in [3.05, 3.63) is 96.6 Å². The molecule has 0 saturated carbocycles. The fourth-order valence-corrected chi connectivity index (χ4v) is 3.48. The summed E-state index contributed by atoms with van der Waals surface area (Å²) in [6, 6.07) is 27.2. The number of benzene rings is 4. The maximum Gasteiger partial charge on any atom is 0.129 e. The van der Waals surface area contributed by atoms with E-state index in [0.29, 0.717) is 22.7 Å². The van der Waals surface area contributed by atoms with E-state index in [-0.39, 0.29) is 11.5 Å². The number of aryl methyl sites for hydroxylation is 1. The highest BCUT2D eigenvalue weighted by Crippen LogP contribution is 2.34. The predicted molar refractivity (Wildman–Crippen MR) is 125 cm³/mol. The van der Waals surface area contributed by atoms with Crippen molar-refractivity contribution in [2.24, 2.45) is 0 Å². The maximum atomic E-state index is 9.71. The minimum Gasteiger partial charge on any atom is -0.508 e. The van der Waals surface area contributed by atoms with Crippen LogP contribution in [0.1, 0.15) is 5.56 Å². The van der Waals surface area contributed by atoms with Crippen molar-refractivity contribution >= 4 is 11.0 Å². The van der Waals surface area contributed by atoms with Crippen LogP contribution in [0, 0.1) is 6.92 Å². The van der Waals surface area contributed by atoms with Gasteiger partial charge in [0.05, 0.1) is 22.4 Å². The number of hydrogen-bond donors (Lipinski definition) is 2. The van der Waals surface area contributed by atoms with Crippen LogP contribution < -0.4 is 4.74 Å². The first kappa shape index (κ1) is 19.6. The minimum atomic E-state index is 0.183. The van der Waals surface area contributed by atoms with Crippen LogP contribution in [0.15, 0.2) is 91.0 Å². The molecule has 4 aromatic carbocycles. The zero-order chi connectivity index (χ0) is 22.1. The summed E-state index contributed by atoms with van der Waals surface area (Å²) in [7, 11) is 0. The molecule has 0 bridgehead atoms. The van der Waals surface area contributed by atoms with E-state index in [0.717, 1.165) is 22.4 Å². The van der Waals surface area contributed by atoms with E-state index in [1.807, 2.05) is 73.7 Å². The summed E-state index contributed by atoms with van der Waals surface area (Å²) in [6.07, 6.45) is 0. The van der Waals surface area contributed by atoms with Gasteiger partial charge in [0, 0.05) is 17.2 Å². The van der Waals surface area contributed by atoms with Gasteiger partial charge >= 0.3 is 0 Å². The molecule has 2 N–H and O–H groups in total. The summed E-state index contributed by atoms with van der Waals surface area (Å²) >= 11 is 0. The van der Waals surface area contributed by atoms with Crippen LogP contribution in [-0.4, -0.2) is 20.2 Å². The molecule has 1 heterocycles. The lowest BCUT2D eigenvalue weighted by molar-refractivity contribution is 0.475. The van der Waals surface area contributed by atoms with E-state index in [2.05, 4.69) is 0 Å². The lowest BCUT2D eigenvalue weighted by atomic mass is 10.0. The van der Waals surface area contributed by atoms with Crippen molar-refractivity contribution in [2.75, 3.05) is 0 Å². The van der Waals surface area contributed by atoms with E-state index in [4.69, 9.17) is 14.7 Å². The number of aromatic nitrogens is 2. The second-order valence-electron chi connectivity index (χ2n) is 7.58. The molecule has 1 aromatic heterocycles. The van der Waals surface area contributed by atoms with Crippen LogP contribution in [0.3, 0.4) is 0 Å². The number of rotatable bonds is 4. The molecule has 0 radical (unpaired) electrons. The molecular weight excluding hydrogens is 400 g/mol. The van der Waals surface area contributed by atoms with Crippen molar-refractivity contribution in [3.8, 4) is 45.5 Å². The highest BCUT2D eigenvalue weighted by Gasteiger charge is 2.14. The third kappa shape index (κ3) is 3.96. The molecule has 5 nitrogen and oxygen atoms in total. The van der Waals surface area contributed by atoms with Crippen molar-refractivity contribution in [2.45, 2.75) is 6.92 Å². The zero-order valence-electron chi connectivity index (χ0n) is 17.4. The Bertz CT molecular complexity index is 1390. The molecule has 0 fully saturated rings. The molecule has 5 aromatic rings. The van der Waals surface area contributed by atoms with Crippen LogP contribution in [0.5, 0.6) is 23.0 Å². The Morgan fingerprint density at radius 3 is 1.62 bits per heavy atom. The number of nitrogens with zero attached hydrogens (tertiary/aromatic N) is 2. The van der Waals surface area contributed by atoms with Gasteiger partial charge in [0.1, 0.15) is 23.0 Å². The summed E-state index contributed by atoms with van der Waals surface area (Å²) in [5, 5.41) is 19.4. The molecule has 5 rings (SSSR count). The number of ether oxygens (including phenoxy) is 1. The van der Waals surface area contributed by atoms with E-state index >= 15 is 0 Å². The van der Waals surface area contributed by atoms with Crippen molar-refractivity contribution < 1.29 is 14.9 Å². The summed E-state index contributed by atoms with van der Waals surface area (Å²) in [4.78, 5) is 9.78. The predicted octanol–water partition coefficient (Wildman–Crippen LogP) is 6.48. The molecule has 32 heavy (non-hydrogen) atoms. The van der Waals surface area contributed by atoms with Gasteiger partial charge in [-0.1, -0.05) is 17.7 Å². The van der Waals surface area contributed by atoms with Crippen LogP contribution >= 0.6 is 0 Å². The Morgan fingerprint density at radius 1 is 0.562 bits per heavy atom. The Hall–Kier alpha value is -4.38. The molecule has 156 valence electrons. The van der Waals surface area contributed by atoms with Crippen molar-refractivity contribution in [3.63, 3.8) is 0 Å². The Morgan fingerprint density at radius 2 is 1.06 bits per heavy atom. The Balaban J connectivity index is 1.63. The highest BCUT2D eigenvalue weighted by atomic mass is 16.5. The molecule has 0 aliphatic heterocycles. The van der Waals surface area contributed by atoms with E-state index in [1.54, 1.807) is 24.3 Å². The van der Waals surface area contributed by atoms with Crippen LogP contribution in [0.2, 0.25) is 0 Å². The minimum absolute atomic E-state index is 0.183. The van der Waals surface area contributed by atoms with E-state index in [9.17, 15) is 10.2 Å². The Kier molecular flexibility index (Phi) is 4.92. The summed E-state index contributed by atoms with van der Waals surface area (Å²) < 4.78 is 6.00. The summed E-state index contributed by atoms with van der Waals surface area (Å²) in [6.45, 7) is 2.03. The number of phenols is 2. The molecule has 0 saturated heterocycles. The van der Waals surface area contributed by atoms with Gasteiger partial charge in [-0.3, -0.25) is 0 Å². The second kappa shape index (κ2) is 8.04. The molecular formula is C27H20N2O3. The van der Waals surface area contributed by atoms with Crippen molar-refractivity contribution in [1.29, 1.82) is 0 Å². The van der Waals surface area contributed by atoms with Gasteiger partial charge in [0.2, 0.25) is 0 Å². The lowest BCUT2D eigenvalue weighted by Crippen LogP contribution is -1.96. The second-order valence-corrected chi connectivity index (χ2v) is 7.58. The fraction of sp³-hybridized carbons (Fsp3) is 0.0370. The third-order valence-corrected chi connectivity index (χ3v) is 5.17. The molecule has 0 unspecified atom stereocenters. The molecule has 5 heteroatoms. The lowest BCUT2D eigenvalue weighted by Gasteiger charge is -2.12. The maximum absolute atomic E-state index is 9.71. The highest BCUT2D eigenvalue weighted by molar-refractivity contribution is 5.87. The van der Waals surface area contributed by atoms with Gasteiger partial charge in [-0.25, -0.2) is 9.97 Å². The van der Waals surface area contributed by atoms with Gasteiger partial charge in [-0.05, 0) is 79.7 Å². The summed E-state index contributed by atoms with van der Waals surface area (Å²) in [5.41, 5.74) is 5.62. The molecule has 0 aliphatic carbocycles. The molecule has 0 atom stereocenters. The van der Waals surface area contributed by atoms with Gasteiger partial charge in [-0.2, -0.15) is 0 Å². The van der Waals surface area contributed by atoms with Crippen LogP contribution in [-0.2, 0) is 0 Å². The number of aromatic hydroxyl groups is 2. The Labute approximate surface area is 185 Å². The number of fused-ring (bicyclic) bond motifs is 1. The average molecular weight is 420 g/mol. The first-order valence-corrected chi connectivity index (χ1v) is 10.2. The smallest absolute Gasteiger partial charge is 0.129 e. The first-order chi connectivity index (χ1) is 15.5. The number of phenolic OH excluding ortho intramolecular Hbond substituents is 2. The average Bonchev–Trinajstić information content (AvgIpc) is 2.81. The fourth-order valence-electron chi connectivity index (χ4n) is 3.48. The van der Waals surface area contributed by atoms with Crippen molar-refractivity contribution in [1.82, 2.24) is 9.97 Å². The largest absolute Gasteiger partial charge is 0.508 e. The monoisotopic (exact) mass is 420 g/mol. The zero-order valence-corrected chi connectivity index (χ0v) is 17.4. The quantitative estimate of drug-likeness (QED) is 0.348. The first-order valence-electron chi connectivity index (χ1n) is 10.2. The topological polar surface area (TPSA) is 75.5 Å². The van der Waals surface area contributed by atoms with E-state index in [1.165, 1.54) is 5.56 Å². The standard InChI is InChI=1S/C27H20N2O3/c1-17-2-12-22(13-3-17)32-23-14-15-24-25(16-23)29-27(19-6-10-21(31)11-7-19)26(28-24)18-4-8-20(30)9-5-18/h2-16,30-31H,1H3. The number of hydrogen-bond acceptors (Lipinski definition) is 5. The molecule has 0 amide bonds. The van der Waals surface area contributed by atoms with Gasteiger partial charge in [-0.15, -0.1) is 0 Å². The third-order valence-electron chi connectivity index (χ3n) is 5.17.